The predicted molar refractivity (Wildman–Crippen MR) is 106 cm³/mol. The maximum Gasteiger partial charge on any atom is 0.337 e. The Kier molecular flexibility index (Phi) is 3.10. The van der Waals surface area contributed by atoms with Crippen LogP contribution in [-0.4, -0.2) is 22.2 Å². The van der Waals surface area contributed by atoms with E-state index < -0.39 is 11.9 Å². The first-order valence-corrected chi connectivity index (χ1v) is 8.56. The van der Waals surface area contributed by atoms with Gasteiger partial charge >= 0.3 is 11.9 Å². The van der Waals surface area contributed by atoms with Gasteiger partial charge in [0, 0.05) is 10.8 Å². The largest absolute Gasteiger partial charge is 0.478 e. The third-order valence-corrected chi connectivity index (χ3v) is 5.33. The molecule has 0 aliphatic rings. The normalized spacial score (nSPS) is 11.4. The molecular formula is C23H11NO4. The van der Waals surface area contributed by atoms with Gasteiger partial charge in [-0.2, -0.15) is 5.26 Å². The number of hydrogen-bond donors (Lipinski definition) is 2. The Labute approximate surface area is 158 Å². The van der Waals surface area contributed by atoms with E-state index in [1.165, 1.54) is 6.07 Å². The fourth-order valence-electron chi connectivity index (χ4n) is 4.28. The van der Waals surface area contributed by atoms with Crippen LogP contribution in [0.2, 0.25) is 0 Å². The van der Waals surface area contributed by atoms with E-state index in [0.717, 1.165) is 26.9 Å². The summed E-state index contributed by atoms with van der Waals surface area (Å²) in [4.78, 5) is 23.9. The van der Waals surface area contributed by atoms with Crippen molar-refractivity contribution in [1.29, 1.82) is 5.26 Å². The van der Waals surface area contributed by atoms with Gasteiger partial charge in [-0.05, 0) is 44.5 Å². The molecular weight excluding hydrogens is 354 g/mol. The predicted octanol–water partition coefficient (Wildman–Crippen LogP) is 5.01. The third kappa shape index (κ3) is 1.89. The molecule has 0 aromatic heterocycles. The van der Waals surface area contributed by atoms with Gasteiger partial charge in [-0.15, -0.1) is 0 Å². The molecule has 5 aromatic rings. The van der Waals surface area contributed by atoms with Crippen LogP contribution in [0.5, 0.6) is 0 Å². The average molecular weight is 365 g/mol. The van der Waals surface area contributed by atoms with Gasteiger partial charge in [-0.25, -0.2) is 9.59 Å². The maximum atomic E-state index is 12.1. The molecule has 0 aliphatic heterocycles. The van der Waals surface area contributed by atoms with Crippen molar-refractivity contribution in [3.63, 3.8) is 0 Å². The molecule has 0 saturated heterocycles. The first-order valence-electron chi connectivity index (χ1n) is 8.56. The van der Waals surface area contributed by atoms with Gasteiger partial charge in [0.1, 0.15) is 0 Å². The zero-order valence-electron chi connectivity index (χ0n) is 14.4. The van der Waals surface area contributed by atoms with Gasteiger partial charge in [0.15, 0.2) is 0 Å². The summed E-state index contributed by atoms with van der Waals surface area (Å²) in [6.07, 6.45) is 0. The number of nitriles is 1. The first kappa shape index (κ1) is 16.0. The lowest BCUT2D eigenvalue weighted by Crippen LogP contribution is -2.09. The number of carbonyl (C=O) groups is 2. The molecule has 0 aliphatic carbocycles. The van der Waals surface area contributed by atoms with Crippen molar-refractivity contribution in [1.82, 2.24) is 0 Å². The summed E-state index contributed by atoms with van der Waals surface area (Å²) in [5.74, 6) is -2.58. The standard InChI is InChI=1S/C23H11NO4/c24-10-12-7-8-15-14-5-1-3-11-9-17(22(25)26)21(23(27)28)20(18(11)14)16-6-2-4-13(12)19(15)16/h1-9H,(H,25,26)(H,27,28). The molecule has 0 radical (unpaired) electrons. The van der Waals surface area contributed by atoms with Crippen LogP contribution in [0.3, 0.4) is 0 Å². The van der Waals surface area contributed by atoms with E-state index in [1.807, 2.05) is 24.3 Å². The fourth-order valence-corrected chi connectivity index (χ4v) is 4.28. The molecule has 5 aromatic carbocycles. The van der Waals surface area contributed by atoms with Crippen molar-refractivity contribution in [2.75, 3.05) is 0 Å². The molecule has 0 unspecified atom stereocenters. The van der Waals surface area contributed by atoms with Crippen LogP contribution >= 0.6 is 0 Å². The second kappa shape index (κ2) is 5.41. The summed E-state index contributed by atoms with van der Waals surface area (Å²) in [6, 6.07) is 18.1. The topological polar surface area (TPSA) is 98.4 Å². The van der Waals surface area contributed by atoms with Crippen molar-refractivity contribution in [2.45, 2.75) is 0 Å². The molecule has 5 heteroatoms. The van der Waals surface area contributed by atoms with Gasteiger partial charge in [-0.3, -0.25) is 0 Å². The highest BCUT2D eigenvalue weighted by Crippen LogP contribution is 2.43. The van der Waals surface area contributed by atoms with Gasteiger partial charge in [0.25, 0.3) is 0 Å². The highest BCUT2D eigenvalue weighted by molar-refractivity contribution is 6.37. The van der Waals surface area contributed by atoms with Gasteiger partial charge in [0.05, 0.1) is 22.8 Å². The third-order valence-electron chi connectivity index (χ3n) is 5.33. The SMILES string of the molecule is N#Cc1ccc2c3cccc4cc(C(=O)O)c(C(=O)O)c(c5cccc1c25)c43. The molecule has 0 saturated carbocycles. The molecule has 28 heavy (non-hydrogen) atoms. The smallest absolute Gasteiger partial charge is 0.337 e. The van der Waals surface area contributed by atoms with Crippen LogP contribution in [0, 0.1) is 11.3 Å². The van der Waals surface area contributed by atoms with E-state index in [1.54, 1.807) is 24.3 Å². The van der Waals surface area contributed by atoms with Gasteiger partial charge < -0.3 is 10.2 Å². The van der Waals surface area contributed by atoms with E-state index >= 15 is 0 Å². The number of benzene rings is 5. The summed E-state index contributed by atoms with van der Waals surface area (Å²) < 4.78 is 0. The van der Waals surface area contributed by atoms with Crippen molar-refractivity contribution in [3.8, 4) is 6.07 Å². The van der Waals surface area contributed by atoms with E-state index in [9.17, 15) is 25.1 Å². The minimum atomic E-state index is -1.29. The molecule has 0 amide bonds. The second-order valence-corrected chi connectivity index (χ2v) is 6.69. The number of aromatic carboxylic acids is 2. The van der Waals surface area contributed by atoms with Crippen molar-refractivity contribution >= 4 is 55.0 Å². The molecule has 0 heterocycles. The maximum absolute atomic E-state index is 12.1. The van der Waals surface area contributed by atoms with Crippen LogP contribution in [0.1, 0.15) is 26.3 Å². The van der Waals surface area contributed by atoms with Crippen LogP contribution in [0.25, 0.3) is 43.1 Å². The van der Waals surface area contributed by atoms with Crippen LogP contribution < -0.4 is 0 Å². The highest BCUT2D eigenvalue weighted by Gasteiger charge is 2.25. The van der Waals surface area contributed by atoms with Gasteiger partial charge in [0.2, 0.25) is 0 Å². The van der Waals surface area contributed by atoms with Gasteiger partial charge in [-0.1, -0.05) is 42.5 Å². The monoisotopic (exact) mass is 365 g/mol. The lowest BCUT2D eigenvalue weighted by Gasteiger charge is -2.17. The summed E-state index contributed by atoms with van der Waals surface area (Å²) in [5, 5.41) is 34.7. The van der Waals surface area contributed by atoms with E-state index in [0.29, 0.717) is 21.7 Å². The number of rotatable bonds is 2. The molecule has 5 rings (SSSR count). The zero-order valence-corrected chi connectivity index (χ0v) is 14.4. The Hall–Kier alpha value is -4.17. The zero-order chi connectivity index (χ0) is 19.6. The van der Waals surface area contributed by atoms with E-state index in [4.69, 9.17) is 0 Å². The molecule has 0 spiro atoms. The lowest BCUT2D eigenvalue weighted by molar-refractivity contribution is 0.0653. The second-order valence-electron chi connectivity index (χ2n) is 6.69. The Morgan fingerprint density at radius 2 is 1.43 bits per heavy atom. The molecule has 132 valence electrons. The van der Waals surface area contributed by atoms with Crippen LogP contribution in [0.15, 0.2) is 54.6 Å². The fraction of sp³-hybridized carbons (Fsp3) is 0. The number of hydrogen-bond acceptors (Lipinski definition) is 3. The summed E-state index contributed by atoms with van der Waals surface area (Å²) in [6.45, 7) is 0. The van der Waals surface area contributed by atoms with Crippen LogP contribution in [0.4, 0.5) is 0 Å². The molecule has 0 bridgehead atoms. The Balaban J connectivity index is 2.25. The number of carboxylic acid groups (broad SMARTS) is 2. The van der Waals surface area contributed by atoms with Crippen molar-refractivity contribution in [2.24, 2.45) is 0 Å². The van der Waals surface area contributed by atoms with Crippen molar-refractivity contribution in [3.05, 3.63) is 71.3 Å². The minimum Gasteiger partial charge on any atom is -0.478 e. The Bertz CT molecular complexity index is 1530. The molecule has 2 N–H and O–H groups in total. The summed E-state index contributed by atoms with van der Waals surface area (Å²) in [7, 11) is 0. The lowest BCUT2D eigenvalue weighted by atomic mass is 9.85. The van der Waals surface area contributed by atoms with Crippen molar-refractivity contribution < 1.29 is 19.8 Å². The Morgan fingerprint density at radius 1 is 0.750 bits per heavy atom. The summed E-state index contributed by atoms with van der Waals surface area (Å²) in [5.41, 5.74) is 0.0134. The number of nitrogens with zero attached hydrogens (tertiary/aromatic N) is 1. The highest BCUT2D eigenvalue weighted by atomic mass is 16.4. The molecule has 0 atom stereocenters. The minimum absolute atomic E-state index is 0.229. The molecule has 5 nitrogen and oxygen atoms in total. The Morgan fingerprint density at radius 3 is 2.14 bits per heavy atom. The van der Waals surface area contributed by atoms with E-state index in [2.05, 4.69) is 6.07 Å². The first-order chi connectivity index (χ1) is 13.5. The van der Waals surface area contributed by atoms with Crippen LogP contribution in [-0.2, 0) is 0 Å². The average Bonchev–Trinajstić information content (AvgIpc) is 2.70. The number of carboxylic acids is 2. The van der Waals surface area contributed by atoms with E-state index in [-0.39, 0.29) is 11.1 Å². The molecule has 0 fully saturated rings. The quantitative estimate of drug-likeness (QED) is 0.339. The number of fused-ring (bicyclic) bond motifs is 2. The summed E-state index contributed by atoms with van der Waals surface area (Å²) >= 11 is 0.